The maximum absolute atomic E-state index is 12.3. The number of benzene rings is 1. The molecule has 0 aliphatic heterocycles. The number of hydrogen-bond donors (Lipinski definition) is 2. The highest BCUT2D eigenvalue weighted by Crippen LogP contribution is 2.25. The molecule has 0 aliphatic rings. The second-order valence-corrected chi connectivity index (χ2v) is 7.46. The number of nitrogens with one attached hydrogen (secondary N) is 1. The number of rotatable bonds is 7. The van der Waals surface area contributed by atoms with Crippen LogP contribution in [0.1, 0.15) is 32.5 Å². The summed E-state index contributed by atoms with van der Waals surface area (Å²) in [6.45, 7) is 3.87. The molecule has 0 bridgehead atoms. The van der Waals surface area contributed by atoms with Gasteiger partial charge in [0.1, 0.15) is 0 Å². The molecule has 1 aromatic heterocycles. The van der Waals surface area contributed by atoms with Crippen molar-refractivity contribution in [1.29, 1.82) is 0 Å². The summed E-state index contributed by atoms with van der Waals surface area (Å²) in [5, 5.41) is 11.9. The van der Waals surface area contributed by atoms with Crippen molar-refractivity contribution in [2.75, 3.05) is 11.2 Å². The lowest BCUT2D eigenvalue weighted by molar-refractivity contribution is -0.115. The molecule has 0 saturated carbocycles. The van der Waals surface area contributed by atoms with Crippen molar-refractivity contribution < 1.29 is 4.79 Å². The minimum Gasteiger partial charge on any atom is -0.336 e. The van der Waals surface area contributed by atoms with Gasteiger partial charge in [0.2, 0.25) is 11.1 Å². The summed E-state index contributed by atoms with van der Waals surface area (Å²) >= 11 is 13.1. The molecule has 130 valence electrons. The van der Waals surface area contributed by atoms with Crippen LogP contribution in [0.25, 0.3) is 0 Å². The normalized spacial score (nSPS) is 12.2. The van der Waals surface area contributed by atoms with Crippen LogP contribution in [0.15, 0.2) is 23.4 Å². The lowest BCUT2D eigenvalue weighted by Gasteiger charge is -2.12. The van der Waals surface area contributed by atoms with Gasteiger partial charge in [-0.05, 0) is 31.5 Å². The van der Waals surface area contributed by atoms with E-state index in [0.717, 1.165) is 19.3 Å². The highest BCUT2D eigenvalue weighted by molar-refractivity contribution is 8.00. The van der Waals surface area contributed by atoms with Crippen LogP contribution >= 0.6 is 35.0 Å². The number of nitrogens with two attached hydrogens (primary N) is 1. The Morgan fingerprint density at radius 3 is 2.62 bits per heavy atom. The molecule has 2 rings (SSSR count). The number of nitrogen functional groups attached to an aromatic ring is 1. The Morgan fingerprint density at radius 2 is 2.00 bits per heavy atom. The standard InChI is InChI=1S/C15H19Cl2N5OS/c1-3-4-5-13-20-21-15(22(13)18)24-9(2)14(23)19-12-7-10(16)6-11(17)8-12/h6-9H,3-5,18H2,1-2H3,(H,19,23)/t9-/m0/s1. The van der Waals surface area contributed by atoms with E-state index in [0.29, 0.717) is 26.7 Å². The van der Waals surface area contributed by atoms with Gasteiger partial charge in [-0.1, -0.05) is 48.3 Å². The summed E-state index contributed by atoms with van der Waals surface area (Å²) in [4.78, 5) is 12.3. The first-order chi connectivity index (χ1) is 11.4. The van der Waals surface area contributed by atoms with Gasteiger partial charge in [0, 0.05) is 22.2 Å². The van der Waals surface area contributed by atoms with E-state index in [2.05, 4.69) is 22.4 Å². The zero-order valence-electron chi connectivity index (χ0n) is 13.4. The number of halogens is 2. The molecule has 6 nitrogen and oxygen atoms in total. The number of carbonyl (C=O) groups excluding carboxylic acids is 1. The monoisotopic (exact) mass is 387 g/mol. The van der Waals surface area contributed by atoms with Gasteiger partial charge in [-0.2, -0.15) is 0 Å². The van der Waals surface area contributed by atoms with Gasteiger partial charge in [0.25, 0.3) is 0 Å². The molecule has 0 saturated heterocycles. The van der Waals surface area contributed by atoms with E-state index in [1.807, 2.05) is 0 Å². The summed E-state index contributed by atoms with van der Waals surface area (Å²) in [6, 6.07) is 4.87. The Hall–Kier alpha value is -1.44. The summed E-state index contributed by atoms with van der Waals surface area (Å²) in [5.41, 5.74) is 0.544. The van der Waals surface area contributed by atoms with Gasteiger partial charge in [0.05, 0.1) is 5.25 Å². The fourth-order valence-corrected chi connectivity index (χ4v) is 3.29. The second-order valence-electron chi connectivity index (χ2n) is 5.28. The van der Waals surface area contributed by atoms with Crippen LogP contribution in [0.2, 0.25) is 10.0 Å². The van der Waals surface area contributed by atoms with Crippen molar-refractivity contribution in [1.82, 2.24) is 14.9 Å². The zero-order valence-corrected chi connectivity index (χ0v) is 15.8. The summed E-state index contributed by atoms with van der Waals surface area (Å²) < 4.78 is 1.44. The minimum absolute atomic E-state index is 0.198. The molecule has 0 aliphatic carbocycles. The summed E-state index contributed by atoms with van der Waals surface area (Å²) in [6.07, 6.45) is 2.81. The van der Waals surface area contributed by atoms with Crippen LogP contribution < -0.4 is 11.2 Å². The molecular formula is C15H19Cl2N5OS. The molecule has 0 spiro atoms. The van der Waals surface area contributed by atoms with Gasteiger partial charge in [-0.15, -0.1) is 10.2 Å². The summed E-state index contributed by atoms with van der Waals surface area (Å²) in [7, 11) is 0. The predicted octanol–water partition coefficient (Wildman–Crippen LogP) is 3.76. The Kier molecular flexibility index (Phi) is 6.77. The van der Waals surface area contributed by atoms with E-state index in [-0.39, 0.29) is 5.91 Å². The number of nitrogens with zero attached hydrogens (tertiary/aromatic N) is 3. The number of hydrogen-bond acceptors (Lipinski definition) is 5. The molecule has 1 aromatic carbocycles. The molecule has 9 heteroatoms. The molecule has 2 aromatic rings. The topological polar surface area (TPSA) is 85.8 Å². The van der Waals surface area contributed by atoms with Gasteiger partial charge in [-0.3, -0.25) is 4.79 Å². The Labute approximate surface area is 155 Å². The Morgan fingerprint density at radius 1 is 1.33 bits per heavy atom. The molecule has 0 fully saturated rings. The number of aryl methyl sites for hydroxylation is 1. The van der Waals surface area contributed by atoms with Gasteiger partial charge in [0.15, 0.2) is 5.82 Å². The maximum atomic E-state index is 12.3. The summed E-state index contributed by atoms with van der Waals surface area (Å²) in [5.74, 6) is 6.51. The number of carbonyl (C=O) groups is 1. The third-order valence-electron chi connectivity index (χ3n) is 3.27. The lowest BCUT2D eigenvalue weighted by Crippen LogP contribution is -2.24. The first-order valence-corrected chi connectivity index (χ1v) is 9.17. The Bertz CT molecular complexity index is 702. The van der Waals surface area contributed by atoms with Crippen LogP contribution in [-0.2, 0) is 11.2 Å². The highest BCUT2D eigenvalue weighted by Gasteiger charge is 2.19. The minimum atomic E-state index is -0.409. The first kappa shape index (κ1) is 18.9. The van der Waals surface area contributed by atoms with Crippen molar-refractivity contribution in [3.63, 3.8) is 0 Å². The second kappa shape index (κ2) is 8.60. The van der Waals surface area contributed by atoms with E-state index in [9.17, 15) is 4.79 Å². The van der Waals surface area contributed by atoms with Crippen molar-refractivity contribution >= 4 is 46.6 Å². The first-order valence-electron chi connectivity index (χ1n) is 7.53. The van der Waals surface area contributed by atoms with E-state index < -0.39 is 5.25 Å². The lowest BCUT2D eigenvalue weighted by atomic mass is 10.2. The Balaban J connectivity index is 2.00. The van der Waals surface area contributed by atoms with Crippen LogP contribution in [0.3, 0.4) is 0 Å². The molecule has 0 unspecified atom stereocenters. The zero-order chi connectivity index (χ0) is 17.7. The van der Waals surface area contributed by atoms with Gasteiger partial charge >= 0.3 is 0 Å². The van der Waals surface area contributed by atoms with Gasteiger partial charge in [-0.25, -0.2) is 4.68 Å². The molecule has 3 N–H and O–H groups in total. The molecule has 0 radical (unpaired) electrons. The van der Waals surface area contributed by atoms with E-state index in [1.54, 1.807) is 25.1 Å². The van der Waals surface area contributed by atoms with Crippen LogP contribution in [0.5, 0.6) is 0 Å². The average molecular weight is 388 g/mol. The molecule has 1 atom stereocenters. The van der Waals surface area contributed by atoms with Crippen molar-refractivity contribution in [3.05, 3.63) is 34.1 Å². The molecule has 1 heterocycles. The van der Waals surface area contributed by atoms with Crippen molar-refractivity contribution in [3.8, 4) is 0 Å². The number of anilines is 1. The quantitative estimate of drug-likeness (QED) is 0.557. The maximum Gasteiger partial charge on any atom is 0.237 e. The SMILES string of the molecule is CCCCc1nnc(S[C@@H](C)C(=O)Nc2cc(Cl)cc(Cl)c2)n1N. The third-order valence-corrected chi connectivity index (χ3v) is 4.76. The highest BCUT2D eigenvalue weighted by atomic mass is 35.5. The fourth-order valence-electron chi connectivity index (χ4n) is 1.97. The van der Waals surface area contributed by atoms with Crippen molar-refractivity contribution in [2.24, 2.45) is 0 Å². The van der Waals surface area contributed by atoms with Crippen molar-refractivity contribution in [2.45, 2.75) is 43.5 Å². The molecule has 24 heavy (non-hydrogen) atoms. The number of aromatic nitrogens is 3. The van der Waals surface area contributed by atoms with Crippen LogP contribution in [0.4, 0.5) is 5.69 Å². The third kappa shape index (κ3) is 5.03. The van der Waals surface area contributed by atoms with Crippen LogP contribution in [-0.4, -0.2) is 26.0 Å². The number of amides is 1. The van der Waals surface area contributed by atoms with E-state index in [1.165, 1.54) is 16.4 Å². The van der Waals surface area contributed by atoms with E-state index in [4.69, 9.17) is 29.0 Å². The average Bonchev–Trinajstić information content (AvgIpc) is 2.84. The number of unbranched alkanes of at least 4 members (excludes halogenated alkanes) is 1. The van der Waals surface area contributed by atoms with E-state index >= 15 is 0 Å². The molecular weight excluding hydrogens is 369 g/mol. The predicted molar refractivity (Wildman–Crippen MR) is 99.2 cm³/mol. The van der Waals surface area contributed by atoms with Gasteiger partial charge < -0.3 is 11.2 Å². The molecule has 1 amide bonds. The largest absolute Gasteiger partial charge is 0.336 e. The fraction of sp³-hybridized carbons (Fsp3) is 0.400. The number of thioether (sulfide) groups is 1. The smallest absolute Gasteiger partial charge is 0.237 e. The van der Waals surface area contributed by atoms with Crippen LogP contribution in [0, 0.1) is 0 Å².